The Bertz CT molecular complexity index is 782. The minimum Gasteiger partial charge on any atom is -0.464 e. The number of carbonyl (C=O) groups excluding carboxylic acids is 1. The second-order valence-corrected chi connectivity index (χ2v) is 7.31. The third kappa shape index (κ3) is 3.41. The lowest BCUT2D eigenvalue weighted by Gasteiger charge is -2.33. The third-order valence-corrected chi connectivity index (χ3v) is 5.35. The number of carbonyl (C=O) groups is 1. The van der Waals surface area contributed by atoms with Crippen molar-refractivity contribution in [3.8, 4) is 0 Å². The highest BCUT2D eigenvalue weighted by molar-refractivity contribution is 9.10. The molecule has 1 aliphatic heterocycles. The molecule has 1 heterocycles. The number of rotatable bonds is 3. The molecule has 2 aromatic carbocycles. The van der Waals surface area contributed by atoms with Crippen molar-refractivity contribution in [2.24, 2.45) is 0 Å². The van der Waals surface area contributed by atoms with Gasteiger partial charge in [-0.3, -0.25) is 0 Å². The molecule has 0 amide bonds. The summed E-state index contributed by atoms with van der Waals surface area (Å²) in [6.45, 7) is 2.15. The van der Waals surface area contributed by atoms with Gasteiger partial charge in [-0.2, -0.15) is 0 Å². The summed E-state index contributed by atoms with van der Waals surface area (Å²) in [5.41, 5.74) is 2.81. The van der Waals surface area contributed by atoms with Gasteiger partial charge in [0, 0.05) is 31.7 Å². The lowest BCUT2D eigenvalue weighted by Crippen LogP contribution is -2.37. The Kier molecular flexibility index (Phi) is 5.38. The van der Waals surface area contributed by atoms with Gasteiger partial charge in [0.2, 0.25) is 0 Å². The fourth-order valence-corrected chi connectivity index (χ4v) is 4.28. The maximum Gasteiger partial charge on any atom is 0.328 e. The first-order valence-corrected chi connectivity index (χ1v) is 9.22. The molecule has 2 unspecified atom stereocenters. The molecular formula is C18H16BrCl2NO2. The van der Waals surface area contributed by atoms with Crippen molar-refractivity contribution in [3.63, 3.8) is 0 Å². The predicted octanol–water partition coefficient (Wildman–Crippen LogP) is 5.64. The molecule has 0 bridgehead atoms. The number of ether oxygens (including phenoxy) is 1. The molecule has 24 heavy (non-hydrogen) atoms. The van der Waals surface area contributed by atoms with Gasteiger partial charge in [-0.25, -0.2) is 4.79 Å². The molecule has 0 saturated carbocycles. The summed E-state index contributed by atoms with van der Waals surface area (Å²) in [5.74, 6) is -0.299. The van der Waals surface area contributed by atoms with E-state index in [0.717, 1.165) is 21.3 Å². The highest BCUT2D eigenvalue weighted by Crippen LogP contribution is 2.45. The van der Waals surface area contributed by atoms with E-state index >= 15 is 0 Å². The maximum absolute atomic E-state index is 12.3. The summed E-state index contributed by atoms with van der Waals surface area (Å²) in [7, 11) is 0. The van der Waals surface area contributed by atoms with E-state index in [1.165, 1.54) is 0 Å². The van der Waals surface area contributed by atoms with Crippen LogP contribution in [0.15, 0.2) is 40.9 Å². The van der Waals surface area contributed by atoms with Crippen LogP contribution in [0.4, 0.5) is 5.69 Å². The second kappa shape index (κ2) is 7.34. The summed E-state index contributed by atoms with van der Waals surface area (Å²) in [4.78, 5) is 12.3. The van der Waals surface area contributed by atoms with Gasteiger partial charge in [0.1, 0.15) is 6.04 Å². The molecule has 3 rings (SSSR count). The van der Waals surface area contributed by atoms with Gasteiger partial charge in [-0.05, 0) is 37.1 Å². The zero-order valence-electron chi connectivity index (χ0n) is 13.0. The van der Waals surface area contributed by atoms with Crippen LogP contribution in [0, 0.1) is 0 Å². The molecule has 1 N–H and O–H groups in total. The van der Waals surface area contributed by atoms with Gasteiger partial charge in [-0.15, -0.1) is 0 Å². The highest BCUT2D eigenvalue weighted by Gasteiger charge is 2.35. The Morgan fingerprint density at radius 2 is 2.08 bits per heavy atom. The minimum absolute atomic E-state index is 0.0315. The molecule has 6 heteroatoms. The standard InChI is InChI=1S/C18H16BrCl2NO2/c1-2-24-18(23)16-9-12(11-5-3-4-6-13(11)19)17-14(21)7-10(20)8-15(17)22-16/h3-8,12,16,22H,2,9H2,1H3. The van der Waals surface area contributed by atoms with Crippen LogP contribution in [0.5, 0.6) is 0 Å². The summed E-state index contributed by atoms with van der Waals surface area (Å²) in [6.07, 6.45) is 0.565. The normalized spacial score (nSPS) is 19.3. The summed E-state index contributed by atoms with van der Waals surface area (Å²) < 4.78 is 6.18. The van der Waals surface area contributed by atoms with E-state index in [2.05, 4.69) is 21.2 Å². The first-order valence-electron chi connectivity index (χ1n) is 7.67. The third-order valence-electron chi connectivity index (χ3n) is 4.10. The number of benzene rings is 2. The number of hydrogen-bond donors (Lipinski definition) is 1. The SMILES string of the molecule is CCOC(=O)C1CC(c2ccccc2Br)c2c(Cl)cc(Cl)cc2N1. The first-order chi connectivity index (χ1) is 11.5. The molecule has 2 atom stereocenters. The van der Waals surface area contributed by atoms with E-state index in [1.807, 2.05) is 24.3 Å². The van der Waals surface area contributed by atoms with Crippen LogP contribution < -0.4 is 5.32 Å². The van der Waals surface area contributed by atoms with Crippen LogP contribution in [0.2, 0.25) is 10.0 Å². The van der Waals surface area contributed by atoms with Crippen molar-refractivity contribution in [1.82, 2.24) is 0 Å². The van der Waals surface area contributed by atoms with Gasteiger partial charge < -0.3 is 10.1 Å². The van der Waals surface area contributed by atoms with E-state index < -0.39 is 6.04 Å². The average molecular weight is 429 g/mol. The second-order valence-electron chi connectivity index (χ2n) is 5.61. The maximum atomic E-state index is 12.3. The van der Waals surface area contributed by atoms with Gasteiger partial charge >= 0.3 is 5.97 Å². The molecule has 0 radical (unpaired) electrons. The average Bonchev–Trinajstić information content (AvgIpc) is 2.54. The number of fused-ring (bicyclic) bond motifs is 1. The van der Waals surface area contributed by atoms with Crippen molar-refractivity contribution in [2.45, 2.75) is 25.3 Å². The Hall–Kier alpha value is -1.23. The number of anilines is 1. The Labute approximate surface area is 159 Å². The fourth-order valence-electron chi connectivity index (χ4n) is 3.10. The van der Waals surface area contributed by atoms with Crippen LogP contribution >= 0.6 is 39.1 Å². The lowest BCUT2D eigenvalue weighted by atomic mass is 9.82. The van der Waals surface area contributed by atoms with E-state index in [9.17, 15) is 4.79 Å². The van der Waals surface area contributed by atoms with Gasteiger partial charge in [0.05, 0.1) is 6.61 Å². The van der Waals surface area contributed by atoms with Crippen LogP contribution in [0.25, 0.3) is 0 Å². The summed E-state index contributed by atoms with van der Waals surface area (Å²) in [6, 6.07) is 11.1. The minimum atomic E-state index is -0.441. The molecule has 126 valence electrons. The Morgan fingerprint density at radius 1 is 1.33 bits per heavy atom. The highest BCUT2D eigenvalue weighted by atomic mass is 79.9. The molecule has 1 aliphatic rings. The molecule has 0 fully saturated rings. The first kappa shape index (κ1) is 17.6. The predicted molar refractivity (Wildman–Crippen MR) is 101 cm³/mol. The van der Waals surface area contributed by atoms with Crippen molar-refractivity contribution in [3.05, 3.63) is 62.0 Å². The van der Waals surface area contributed by atoms with Crippen molar-refractivity contribution < 1.29 is 9.53 Å². The van der Waals surface area contributed by atoms with Crippen LogP contribution in [0.3, 0.4) is 0 Å². The van der Waals surface area contributed by atoms with Gasteiger partial charge in [-0.1, -0.05) is 57.3 Å². The fraction of sp³-hybridized carbons (Fsp3) is 0.278. The number of esters is 1. The van der Waals surface area contributed by atoms with Crippen LogP contribution in [0.1, 0.15) is 30.4 Å². The monoisotopic (exact) mass is 427 g/mol. The quantitative estimate of drug-likeness (QED) is 0.643. The number of nitrogens with one attached hydrogen (secondary N) is 1. The molecule has 2 aromatic rings. The smallest absolute Gasteiger partial charge is 0.328 e. The van der Waals surface area contributed by atoms with Crippen molar-refractivity contribution in [1.29, 1.82) is 0 Å². The largest absolute Gasteiger partial charge is 0.464 e. The van der Waals surface area contributed by atoms with E-state index in [1.54, 1.807) is 19.1 Å². The number of halogens is 3. The van der Waals surface area contributed by atoms with E-state index in [0.29, 0.717) is 23.1 Å². The molecule has 3 nitrogen and oxygen atoms in total. The van der Waals surface area contributed by atoms with Crippen molar-refractivity contribution in [2.75, 3.05) is 11.9 Å². The summed E-state index contributed by atoms with van der Waals surface area (Å²) >= 11 is 16.2. The van der Waals surface area contributed by atoms with E-state index in [4.69, 9.17) is 27.9 Å². The lowest BCUT2D eigenvalue weighted by molar-refractivity contribution is -0.144. The molecule has 0 saturated heterocycles. The zero-order valence-corrected chi connectivity index (χ0v) is 16.1. The molecule has 0 spiro atoms. The topological polar surface area (TPSA) is 38.3 Å². The van der Waals surface area contributed by atoms with Gasteiger partial charge in [0.15, 0.2) is 0 Å². The zero-order chi connectivity index (χ0) is 17.3. The van der Waals surface area contributed by atoms with Crippen LogP contribution in [-0.2, 0) is 9.53 Å². The van der Waals surface area contributed by atoms with E-state index in [-0.39, 0.29) is 11.9 Å². The van der Waals surface area contributed by atoms with Gasteiger partial charge in [0.25, 0.3) is 0 Å². The van der Waals surface area contributed by atoms with Crippen molar-refractivity contribution >= 4 is 50.8 Å². The molecule has 0 aromatic heterocycles. The van der Waals surface area contributed by atoms with Crippen LogP contribution in [-0.4, -0.2) is 18.6 Å². The molecule has 0 aliphatic carbocycles. The summed E-state index contributed by atoms with van der Waals surface area (Å²) in [5, 5.41) is 4.34. The Morgan fingerprint density at radius 3 is 2.79 bits per heavy atom. The Balaban J connectivity index is 2.10. The molecular weight excluding hydrogens is 413 g/mol. The number of hydrogen-bond acceptors (Lipinski definition) is 3.